The Morgan fingerprint density at radius 1 is 1.17 bits per heavy atom. The van der Waals surface area contributed by atoms with Gasteiger partial charge >= 0.3 is 5.97 Å². The van der Waals surface area contributed by atoms with E-state index in [0.717, 1.165) is 12.8 Å². The Hall–Kier alpha value is -2.70. The molecule has 0 atom stereocenters. The Morgan fingerprint density at radius 2 is 1.83 bits per heavy atom. The standard InChI is InChI=1S/C21H15Cl2FN2O3/c1-11-17(20(26-28-11)18-15(22)3-2-4-16(18)23)21(27)29-25-19(12-5-6-12)13-7-9-14(24)10-8-13/h2-4,7-10,12H,5-6H2,1H3/b25-19-. The molecule has 0 radical (unpaired) electrons. The topological polar surface area (TPSA) is 64.7 Å². The lowest BCUT2D eigenvalue weighted by molar-refractivity contribution is 0.0514. The minimum atomic E-state index is -0.741. The molecule has 148 valence electrons. The van der Waals surface area contributed by atoms with Crippen LogP contribution in [-0.4, -0.2) is 16.8 Å². The molecular formula is C21H15Cl2FN2O3. The lowest BCUT2D eigenvalue weighted by atomic mass is 10.1. The molecule has 0 saturated heterocycles. The minimum absolute atomic E-state index is 0.0954. The van der Waals surface area contributed by atoms with Crippen LogP contribution in [0, 0.1) is 18.7 Å². The Morgan fingerprint density at radius 3 is 2.45 bits per heavy atom. The van der Waals surface area contributed by atoms with Crippen LogP contribution in [0.15, 0.2) is 52.1 Å². The molecule has 0 N–H and O–H groups in total. The summed E-state index contributed by atoms with van der Waals surface area (Å²) in [5.41, 5.74) is 1.97. The van der Waals surface area contributed by atoms with Gasteiger partial charge in [-0.25, -0.2) is 9.18 Å². The Labute approximate surface area is 176 Å². The number of halogens is 3. The highest BCUT2D eigenvalue weighted by molar-refractivity contribution is 6.39. The number of benzene rings is 2. The highest BCUT2D eigenvalue weighted by Gasteiger charge is 2.31. The van der Waals surface area contributed by atoms with Crippen molar-refractivity contribution in [1.82, 2.24) is 5.16 Å². The van der Waals surface area contributed by atoms with Crippen LogP contribution >= 0.6 is 23.2 Å². The molecule has 0 unspecified atom stereocenters. The second-order valence-corrected chi connectivity index (χ2v) is 7.51. The summed E-state index contributed by atoms with van der Waals surface area (Å²) in [6.07, 6.45) is 1.86. The molecule has 0 bridgehead atoms. The maximum absolute atomic E-state index is 13.2. The van der Waals surface area contributed by atoms with Gasteiger partial charge < -0.3 is 9.36 Å². The number of hydrogen-bond acceptors (Lipinski definition) is 5. The largest absolute Gasteiger partial charge is 0.371 e. The van der Waals surface area contributed by atoms with Gasteiger partial charge in [-0.05, 0) is 49.6 Å². The van der Waals surface area contributed by atoms with Crippen molar-refractivity contribution in [3.63, 3.8) is 0 Å². The van der Waals surface area contributed by atoms with E-state index < -0.39 is 5.97 Å². The quantitative estimate of drug-likeness (QED) is 0.279. The van der Waals surface area contributed by atoms with E-state index in [2.05, 4.69) is 10.3 Å². The van der Waals surface area contributed by atoms with Gasteiger partial charge in [0.25, 0.3) is 0 Å². The van der Waals surface area contributed by atoms with Crippen molar-refractivity contribution in [2.75, 3.05) is 0 Å². The zero-order chi connectivity index (χ0) is 20.5. The second kappa shape index (κ2) is 7.97. The fourth-order valence-corrected chi connectivity index (χ4v) is 3.56. The van der Waals surface area contributed by atoms with Gasteiger partial charge in [-0.1, -0.05) is 51.7 Å². The van der Waals surface area contributed by atoms with Gasteiger partial charge in [0.2, 0.25) is 0 Å². The molecular weight excluding hydrogens is 418 g/mol. The number of aryl methyl sites for hydroxylation is 1. The molecule has 5 nitrogen and oxygen atoms in total. The van der Waals surface area contributed by atoms with E-state index in [1.54, 1.807) is 37.3 Å². The van der Waals surface area contributed by atoms with E-state index in [-0.39, 0.29) is 28.8 Å². The summed E-state index contributed by atoms with van der Waals surface area (Å²) in [6, 6.07) is 10.9. The molecule has 1 aliphatic carbocycles. The molecule has 0 spiro atoms. The lowest BCUT2D eigenvalue weighted by Gasteiger charge is -2.07. The highest BCUT2D eigenvalue weighted by Crippen LogP contribution is 2.37. The number of oxime groups is 1. The van der Waals surface area contributed by atoms with Crippen LogP contribution < -0.4 is 0 Å². The van der Waals surface area contributed by atoms with E-state index in [9.17, 15) is 9.18 Å². The summed E-state index contributed by atoms with van der Waals surface area (Å²) in [7, 11) is 0. The van der Waals surface area contributed by atoms with E-state index in [0.29, 0.717) is 26.9 Å². The fraction of sp³-hybridized carbons (Fsp3) is 0.190. The number of hydrogen-bond donors (Lipinski definition) is 0. The zero-order valence-corrected chi connectivity index (χ0v) is 16.8. The summed E-state index contributed by atoms with van der Waals surface area (Å²) in [4.78, 5) is 18.0. The molecule has 29 heavy (non-hydrogen) atoms. The molecule has 3 aromatic rings. The Bertz CT molecular complexity index is 1090. The second-order valence-electron chi connectivity index (χ2n) is 6.70. The van der Waals surface area contributed by atoms with Gasteiger partial charge in [-0.15, -0.1) is 0 Å². The van der Waals surface area contributed by atoms with Crippen molar-refractivity contribution in [3.8, 4) is 11.3 Å². The summed E-state index contributed by atoms with van der Waals surface area (Å²) in [5.74, 6) is -0.655. The average Bonchev–Trinajstić information content (AvgIpc) is 3.45. The first-order valence-corrected chi connectivity index (χ1v) is 9.67. The summed E-state index contributed by atoms with van der Waals surface area (Å²) in [6.45, 7) is 1.59. The van der Waals surface area contributed by atoms with Crippen molar-refractivity contribution >= 4 is 34.9 Å². The Kier molecular flexibility index (Phi) is 5.39. The van der Waals surface area contributed by atoms with E-state index in [1.165, 1.54) is 12.1 Å². The van der Waals surface area contributed by atoms with Crippen molar-refractivity contribution < 1.29 is 18.5 Å². The van der Waals surface area contributed by atoms with Crippen LogP contribution in [-0.2, 0) is 4.84 Å². The van der Waals surface area contributed by atoms with Crippen molar-refractivity contribution in [3.05, 3.63) is 75.2 Å². The van der Waals surface area contributed by atoms with Crippen molar-refractivity contribution in [1.29, 1.82) is 0 Å². The molecule has 1 saturated carbocycles. The lowest BCUT2D eigenvalue weighted by Crippen LogP contribution is -2.09. The average molecular weight is 433 g/mol. The normalized spacial score (nSPS) is 14.1. The molecule has 4 rings (SSSR count). The highest BCUT2D eigenvalue weighted by atomic mass is 35.5. The van der Waals surface area contributed by atoms with Gasteiger partial charge in [0.15, 0.2) is 0 Å². The molecule has 1 aromatic heterocycles. The number of carbonyl (C=O) groups is 1. The van der Waals surface area contributed by atoms with Gasteiger partial charge in [-0.3, -0.25) is 0 Å². The minimum Gasteiger partial charge on any atom is -0.360 e. The molecule has 2 aromatic carbocycles. The van der Waals surface area contributed by atoms with Crippen LogP contribution in [0.1, 0.15) is 34.5 Å². The first-order chi connectivity index (χ1) is 14.0. The number of aromatic nitrogens is 1. The fourth-order valence-electron chi connectivity index (χ4n) is 2.98. The first kappa shape index (κ1) is 19.6. The van der Waals surface area contributed by atoms with Crippen LogP contribution in [0.25, 0.3) is 11.3 Å². The van der Waals surface area contributed by atoms with Crippen LogP contribution in [0.3, 0.4) is 0 Å². The van der Waals surface area contributed by atoms with Gasteiger partial charge in [0.1, 0.15) is 22.8 Å². The smallest absolute Gasteiger partial charge is 0.360 e. The van der Waals surface area contributed by atoms with Crippen LogP contribution in [0.5, 0.6) is 0 Å². The number of nitrogens with zero attached hydrogens (tertiary/aromatic N) is 2. The van der Waals surface area contributed by atoms with Crippen molar-refractivity contribution in [2.45, 2.75) is 19.8 Å². The van der Waals surface area contributed by atoms with Crippen LogP contribution in [0.4, 0.5) is 4.39 Å². The Balaban J connectivity index is 1.66. The third kappa shape index (κ3) is 4.04. The summed E-state index contributed by atoms with van der Waals surface area (Å²) < 4.78 is 18.4. The SMILES string of the molecule is Cc1onc(-c2c(Cl)cccc2Cl)c1C(=O)O/N=C(\c1ccc(F)cc1)C1CC1. The molecule has 1 fully saturated rings. The maximum Gasteiger partial charge on any atom is 0.371 e. The van der Waals surface area contributed by atoms with Crippen molar-refractivity contribution in [2.24, 2.45) is 11.1 Å². The molecule has 1 aliphatic rings. The molecule has 1 heterocycles. The van der Waals surface area contributed by atoms with E-state index in [1.807, 2.05) is 0 Å². The monoisotopic (exact) mass is 432 g/mol. The predicted molar refractivity (Wildman–Crippen MR) is 108 cm³/mol. The first-order valence-electron chi connectivity index (χ1n) is 8.91. The van der Waals surface area contributed by atoms with Gasteiger partial charge in [-0.2, -0.15) is 0 Å². The number of rotatable bonds is 5. The number of carbonyl (C=O) groups excluding carboxylic acids is 1. The zero-order valence-electron chi connectivity index (χ0n) is 15.3. The van der Waals surface area contributed by atoms with E-state index in [4.69, 9.17) is 32.6 Å². The molecule has 8 heteroatoms. The predicted octanol–water partition coefficient (Wildman–Crippen LogP) is 6.07. The van der Waals surface area contributed by atoms with Crippen LogP contribution in [0.2, 0.25) is 10.0 Å². The maximum atomic E-state index is 13.2. The summed E-state index contributed by atoms with van der Waals surface area (Å²) >= 11 is 12.5. The third-order valence-electron chi connectivity index (χ3n) is 4.60. The molecule has 0 amide bonds. The van der Waals surface area contributed by atoms with Gasteiger partial charge in [0.05, 0.1) is 15.8 Å². The third-order valence-corrected chi connectivity index (χ3v) is 5.23. The van der Waals surface area contributed by atoms with E-state index >= 15 is 0 Å². The van der Waals surface area contributed by atoms with Gasteiger partial charge in [0, 0.05) is 11.5 Å². The molecule has 0 aliphatic heterocycles. The summed E-state index contributed by atoms with van der Waals surface area (Å²) in [5, 5.41) is 8.66.